The molecule has 2 aromatic carbocycles. The molecule has 8 heteroatoms. The lowest BCUT2D eigenvalue weighted by Gasteiger charge is -2.31. The molecule has 28 heavy (non-hydrogen) atoms. The summed E-state index contributed by atoms with van der Waals surface area (Å²) < 4.78 is 0. The number of piperidine rings is 1. The van der Waals surface area contributed by atoms with E-state index in [0.717, 1.165) is 0 Å². The lowest BCUT2D eigenvalue weighted by atomic mass is 9.95. The summed E-state index contributed by atoms with van der Waals surface area (Å²) in [7, 11) is 0. The van der Waals surface area contributed by atoms with E-state index in [2.05, 4.69) is 10.5 Å². The molecule has 0 radical (unpaired) electrons. The summed E-state index contributed by atoms with van der Waals surface area (Å²) >= 11 is 0. The van der Waals surface area contributed by atoms with Crippen LogP contribution in [-0.2, 0) is 4.79 Å². The summed E-state index contributed by atoms with van der Waals surface area (Å²) in [5.41, 5.74) is 3.33. The highest BCUT2D eigenvalue weighted by Crippen LogP contribution is 2.19. The number of hydrogen-bond acceptors (Lipinski definition) is 5. The van der Waals surface area contributed by atoms with Gasteiger partial charge in [-0.2, -0.15) is 5.10 Å². The van der Waals surface area contributed by atoms with Gasteiger partial charge in [0.1, 0.15) is 0 Å². The Bertz CT molecular complexity index is 890. The van der Waals surface area contributed by atoms with Crippen molar-refractivity contribution >= 4 is 23.7 Å². The monoisotopic (exact) mass is 380 g/mol. The average Bonchev–Trinajstić information content (AvgIpc) is 2.74. The second-order valence-electron chi connectivity index (χ2n) is 6.48. The molecule has 1 heterocycles. The van der Waals surface area contributed by atoms with Gasteiger partial charge in [0.15, 0.2) is 0 Å². The Morgan fingerprint density at radius 1 is 1.07 bits per heavy atom. The number of likely N-dealkylation sites (tertiary alicyclic amines) is 1. The van der Waals surface area contributed by atoms with Gasteiger partial charge in [-0.15, -0.1) is 0 Å². The molecule has 0 atom stereocenters. The second kappa shape index (κ2) is 8.90. The fourth-order valence-corrected chi connectivity index (χ4v) is 3.13. The van der Waals surface area contributed by atoms with Crippen LogP contribution in [0.4, 0.5) is 5.69 Å². The van der Waals surface area contributed by atoms with Gasteiger partial charge in [0.2, 0.25) is 5.91 Å². The van der Waals surface area contributed by atoms with Crippen molar-refractivity contribution in [3.05, 3.63) is 75.8 Å². The van der Waals surface area contributed by atoms with Gasteiger partial charge in [-0.05, 0) is 31.0 Å². The van der Waals surface area contributed by atoms with Crippen LogP contribution in [0.3, 0.4) is 0 Å². The Kier molecular flexibility index (Phi) is 6.11. The molecule has 1 fully saturated rings. The Labute approximate surface area is 162 Å². The third kappa shape index (κ3) is 4.59. The van der Waals surface area contributed by atoms with E-state index in [-0.39, 0.29) is 23.4 Å². The summed E-state index contributed by atoms with van der Waals surface area (Å²) in [6.07, 6.45) is 2.36. The highest BCUT2D eigenvalue weighted by Gasteiger charge is 2.27. The van der Waals surface area contributed by atoms with Crippen LogP contribution < -0.4 is 5.43 Å². The maximum absolute atomic E-state index is 12.4. The predicted octanol–water partition coefficient (Wildman–Crippen LogP) is 2.60. The number of carbonyl (C=O) groups is 2. The van der Waals surface area contributed by atoms with Gasteiger partial charge in [-0.3, -0.25) is 19.7 Å². The van der Waals surface area contributed by atoms with Crippen LogP contribution in [0.2, 0.25) is 0 Å². The molecule has 2 aromatic rings. The molecule has 144 valence electrons. The van der Waals surface area contributed by atoms with Crippen molar-refractivity contribution in [3.8, 4) is 0 Å². The van der Waals surface area contributed by atoms with Crippen LogP contribution >= 0.6 is 0 Å². The molecule has 0 saturated carbocycles. The van der Waals surface area contributed by atoms with E-state index in [0.29, 0.717) is 37.1 Å². The Morgan fingerprint density at radius 3 is 2.39 bits per heavy atom. The standard InChI is InChI=1S/C20H20N4O4/c25-19(22-21-14-17-8-4-5-9-18(17)24(27)28)15-10-12-23(13-11-15)20(26)16-6-2-1-3-7-16/h1-9,14-15H,10-13H2,(H,22,25)/b21-14-. The molecule has 1 saturated heterocycles. The molecule has 0 unspecified atom stereocenters. The van der Waals surface area contributed by atoms with Crippen LogP contribution in [0.25, 0.3) is 0 Å². The van der Waals surface area contributed by atoms with Crippen molar-refractivity contribution in [2.24, 2.45) is 11.0 Å². The molecule has 3 rings (SSSR count). The van der Waals surface area contributed by atoms with E-state index < -0.39 is 4.92 Å². The number of hydrazone groups is 1. The molecule has 0 spiro atoms. The van der Waals surface area contributed by atoms with Gasteiger partial charge >= 0.3 is 0 Å². The van der Waals surface area contributed by atoms with E-state index in [1.54, 1.807) is 35.2 Å². The highest BCUT2D eigenvalue weighted by molar-refractivity contribution is 5.94. The van der Waals surface area contributed by atoms with Crippen molar-refractivity contribution in [2.75, 3.05) is 13.1 Å². The quantitative estimate of drug-likeness (QED) is 0.489. The molecule has 1 N–H and O–H groups in total. The van der Waals surface area contributed by atoms with Gasteiger partial charge in [0.05, 0.1) is 16.7 Å². The second-order valence-corrected chi connectivity index (χ2v) is 6.48. The predicted molar refractivity (Wildman–Crippen MR) is 104 cm³/mol. The zero-order valence-corrected chi connectivity index (χ0v) is 15.2. The van der Waals surface area contributed by atoms with E-state index in [4.69, 9.17) is 0 Å². The SMILES string of the molecule is O=C(N/N=C\c1ccccc1[N+](=O)[O-])C1CCN(C(=O)c2ccccc2)CC1. The van der Waals surface area contributed by atoms with Crippen molar-refractivity contribution in [1.29, 1.82) is 0 Å². The number of nitrogens with zero attached hydrogens (tertiary/aromatic N) is 3. The number of benzene rings is 2. The fraction of sp³-hybridized carbons (Fsp3) is 0.250. The topological polar surface area (TPSA) is 105 Å². The molecule has 8 nitrogen and oxygen atoms in total. The van der Waals surface area contributed by atoms with Crippen LogP contribution in [0.1, 0.15) is 28.8 Å². The number of rotatable bonds is 5. The molecule has 0 aliphatic carbocycles. The van der Waals surface area contributed by atoms with E-state index >= 15 is 0 Å². The van der Waals surface area contributed by atoms with Crippen molar-refractivity contribution in [1.82, 2.24) is 10.3 Å². The summed E-state index contributed by atoms with van der Waals surface area (Å²) in [5, 5.41) is 14.8. The number of carbonyl (C=O) groups excluding carboxylic acids is 2. The molecule has 2 amide bonds. The normalized spacial score (nSPS) is 14.8. The van der Waals surface area contributed by atoms with E-state index in [9.17, 15) is 19.7 Å². The van der Waals surface area contributed by atoms with Gasteiger partial charge in [0.25, 0.3) is 11.6 Å². The molecule has 0 aromatic heterocycles. The first-order valence-corrected chi connectivity index (χ1v) is 8.97. The summed E-state index contributed by atoms with van der Waals surface area (Å²) in [6.45, 7) is 0.999. The number of nitrogens with one attached hydrogen (secondary N) is 1. The van der Waals surface area contributed by atoms with Crippen molar-refractivity contribution in [3.63, 3.8) is 0 Å². The first kappa shape index (κ1) is 19.2. The first-order valence-electron chi connectivity index (χ1n) is 8.97. The molecular weight excluding hydrogens is 360 g/mol. The molecule has 0 bridgehead atoms. The fourth-order valence-electron chi connectivity index (χ4n) is 3.13. The van der Waals surface area contributed by atoms with E-state index in [1.807, 2.05) is 18.2 Å². The Morgan fingerprint density at radius 2 is 1.71 bits per heavy atom. The lowest BCUT2D eigenvalue weighted by Crippen LogP contribution is -2.42. The number of amides is 2. The van der Waals surface area contributed by atoms with Crippen LogP contribution in [0.15, 0.2) is 59.7 Å². The van der Waals surface area contributed by atoms with Crippen LogP contribution in [0.5, 0.6) is 0 Å². The number of nitro groups is 1. The average molecular weight is 380 g/mol. The number of hydrogen-bond donors (Lipinski definition) is 1. The minimum Gasteiger partial charge on any atom is -0.339 e. The van der Waals surface area contributed by atoms with Gasteiger partial charge in [0, 0.05) is 30.6 Å². The van der Waals surface area contributed by atoms with Gasteiger partial charge in [-0.1, -0.05) is 30.3 Å². The summed E-state index contributed by atoms with van der Waals surface area (Å²) in [4.78, 5) is 37.0. The minimum atomic E-state index is -0.497. The van der Waals surface area contributed by atoms with E-state index in [1.165, 1.54) is 12.3 Å². The van der Waals surface area contributed by atoms with Crippen molar-refractivity contribution in [2.45, 2.75) is 12.8 Å². The zero-order valence-electron chi connectivity index (χ0n) is 15.2. The maximum Gasteiger partial charge on any atom is 0.278 e. The molecule has 1 aliphatic heterocycles. The summed E-state index contributed by atoms with van der Waals surface area (Å²) in [6, 6.07) is 15.2. The smallest absolute Gasteiger partial charge is 0.278 e. The molecular formula is C20H20N4O4. The third-order valence-electron chi connectivity index (χ3n) is 4.69. The first-order chi connectivity index (χ1) is 13.6. The zero-order chi connectivity index (χ0) is 19.9. The summed E-state index contributed by atoms with van der Waals surface area (Å²) in [5.74, 6) is -0.529. The number of para-hydroxylation sites is 1. The maximum atomic E-state index is 12.4. The van der Waals surface area contributed by atoms with Crippen molar-refractivity contribution < 1.29 is 14.5 Å². The Hall–Kier alpha value is -3.55. The van der Waals surface area contributed by atoms with Crippen LogP contribution in [0, 0.1) is 16.0 Å². The Balaban J connectivity index is 1.52. The molecule has 1 aliphatic rings. The highest BCUT2D eigenvalue weighted by atomic mass is 16.6. The van der Waals surface area contributed by atoms with Crippen LogP contribution in [-0.4, -0.2) is 40.9 Å². The largest absolute Gasteiger partial charge is 0.339 e. The minimum absolute atomic E-state index is 0.0335. The lowest BCUT2D eigenvalue weighted by molar-refractivity contribution is -0.385. The van der Waals surface area contributed by atoms with Gasteiger partial charge < -0.3 is 4.90 Å². The number of nitro benzene ring substituents is 1. The third-order valence-corrected chi connectivity index (χ3v) is 4.69. The van der Waals surface area contributed by atoms with Gasteiger partial charge in [-0.25, -0.2) is 5.43 Å².